The second kappa shape index (κ2) is 7.53. The van der Waals surface area contributed by atoms with Crippen LogP contribution in [0.25, 0.3) is 0 Å². The Labute approximate surface area is 150 Å². The lowest BCUT2D eigenvalue weighted by Crippen LogP contribution is -1.96. The Kier molecular flexibility index (Phi) is 4.80. The van der Waals surface area contributed by atoms with Gasteiger partial charge in [0.1, 0.15) is 5.75 Å². The van der Waals surface area contributed by atoms with Crippen molar-refractivity contribution in [3.05, 3.63) is 83.4 Å². The Bertz CT molecular complexity index is 1070. The Morgan fingerprint density at radius 3 is 2.04 bits per heavy atom. The molecule has 5 heteroatoms. The fourth-order valence-electron chi connectivity index (χ4n) is 2.33. The predicted molar refractivity (Wildman–Crippen MR) is 96.8 cm³/mol. The van der Waals surface area contributed by atoms with Gasteiger partial charge in [-0.15, -0.1) is 0 Å². The Morgan fingerprint density at radius 1 is 0.692 bits per heavy atom. The summed E-state index contributed by atoms with van der Waals surface area (Å²) in [5, 5.41) is 30.3. The normalized spacial score (nSPS) is 9.42. The average Bonchev–Trinajstić information content (AvgIpc) is 2.70. The molecule has 0 spiro atoms. The Hall–Kier alpha value is -4.27. The molecule has 0 aromatic heterocycles. The lowest BCUT2D eigenvalue weighted by atomic mass is 10.1. The molecule has 3 aromatic rings. The van der Waals surface area contributed by atoms with Crippen LogP contribution in [0.15, 0.2) is 66.7 Å². The number of ether oxygens (including phenoxy) is 1. The fourth-order valence-corrected chi connectivity index (χ4v) is 2.33. The van der Waals surface area contributed by atoms with Gasteiger partial charge in [-0.3, -0.25) is 0 Å². The molecule has 0 aliphatic rings. The van der Waals surface area contributed by atoms with Gasteiger partial charge in [0, 0.05) is 11.8 Å². The summed E-state index contributed by atoms with van der Waals surface area (Å²) in [5.74, 6) is 1.02. The first kappa shape index (κ1) is 16.6. The van der Waals surface area contributed by atoms with Crippen molar-refractivity contribution in [1.29, 1.82) is 15.8 Å². The average molecular weight is 336 g/mol. The number of benzene rings is 3. The third-order valence-electron chi connectivity index (χ3n) is 3.59. The van der Waals surface area contributed by atoms with Crippen molar-refractivity contribution in [2.45, 2.75) is 0 Å². The monoisotopic (exact) mass is 336 g/mol. The molecule has 0 bridgehead atoms. The summed E-state index contributed by atoms with van der Waals surface area (Å²) in [4.78, 5) is 0. The van der Waals surface area contributed by atoms with Crippen LogP contribution in [0.5, 0.6) is 11.5 Å². The van der Waals surface area contributed by atoms with Crippen LogP contribution in [0.3, 0.4) is 0 Å². The molecule has 1 N–H and O–H groups in total. The van der Waals surface area contributed by atoms with Gasteiger partial charge in [-0.2, -0.15) is 15.8 Å². The first-order chi connectivity index (χ1) is 12.7. The molecule has 5 nitrogen and oxygen atoms in total. The van der Waals surface area contributed by atoms with Crippen molar-refractivity contribution in [2.24, 2.45) is 0 Å². The summed E-state index contributed by atoms with van der Waals surface area (Å²) in [5.41, 5.74) is 2.93. The van der Waals surface area contributed by atoms with E-state index in [1.807, 2.05) is 6.07 Å². The van der Waals surface area contributed by atoms with Gasteiger partial charge in [-0.25, -0.2) is 0 Å². The van der Waals surface area contributed by atoms with Crippen LogP contribution in [-0.4, -0.2) is 0 Å². The number of nitrogens with zero attached hydrogens (tertiary/aromatic N) is 3. The molecule has 0 saturated heterocycles. The van der Waals surface area contributed by atoms with Gasteiger partial charge in [-0.1, -0.05) is 6.07 Å². The quantitative estimate of drug-likeness (QED) is 0.736. The number of hydrogen-bond acceptors (Lipinski definition) is 5. The highest BCUT2D eigenvalue weighted by Gasteiger charge is 2.08. The number of nitriles is 3. The van der Waals surface area contributed by atoms with E-state index < -0.39 is 0 Å². The molecule has 0 fully saturated rings. The molecule has 3 aromatic carbocycles. The first-order valence-corrected chi connectivity index (χ1v) is 7.71. The summed E-state index contributed by atoms with van der Waals surface area (Å²) in [6.07, 6.45) is 0. The molecule has 0 aliphatic carbocycles. The third-order valence-corrected chi connectivity index (χ3v) is 3.59. The molecule has 3 rings (SSSR count). The van der Waals surface area contributed by atoms with Gasteiger partial charge in [0.25, 0.3) is 0 Å². The minimum atomic E-state index is 0.463. The van der Waals surface area contributed by atoms with E-state index in [1.54, 1.807) is 60.7 Å². The third kappa shape index (κ3) is 3.79. The molecule has 0 radical (unpaired) electrons. The first-order valence-electron chi connectivity index (χ1n) is 7.71. The van der Waals surface area contributed by atoms with Crippen LogP contribution in [0.1, 0.15) is 16.7 Å². The van der Waals surface area contributed by atoms with Crippen LogP contribution in [0.4, 0.5) is 11.4 Å². The molecule has 0 atom stereocenters. The summed E-state index contributed by atoms with van der Waals surface area (Å²) >= 11 is 0. The van der Waals surface area contributed by atoms with E-state index in [-0.39, 0.29) is 0 Å². The van der Waals surface area contributed by atoms with E-state index >= 15 is 0 Å². The van der Waals surface area contributed by atoms with E-state index in [0.29, 0.717) is 33.9 Å². The van der Waals surface area contributed by atoms with Crippen molar-refractivity contribution in [3.63, 3.8) is 0 Å². The zero-order valence-electron chi connectivity index (χ0n) is 13.6. The van der Waals surface area contributed by atoms with Gasteiger partial charge in [-0.05, 0) is 54.6 Å². The predicted octanol–water partition coefficient (Wildman–Crippen LogP) is 4.84. The maximum atomic E-state index is 9.15. The Morgan fingerprint density at radius 2 is 1.35 bits per heavy atom. The van der Waals surface area contributed by atoms with Gasteiger partial charge in [0.05, 0.1) is 40.6 Å². The van der Waals surface area contributed by atoms with Gasteiger partial charge in [0.15, 0.2) is 5.75 Å². The largest absolute Gasteiger partial charge is 0.455 e. The minimum Gasteiger partial charge on any atom is -0.455 e. The molecule has 0 heterocycles. The summed E-state index contributed by atoms with van der Waals surface area (Å²) in [6, 6.07) is 25.1. The standard InChI is InChI=1S/C21H12N4O/c22-12-15-4-7-19(8-5-15)26-21-11-17(14-24)6-9-20(21)25-18-3-1-2-16(10-18)13-23/h1-11,25H. The number of nitrogens with one attached hydrogen (secondary N) is 1. The molecule has 0 unspecified atom stereocenters. The maximum absolute atomic E-state index is 9.15. The summed E-state index contributed by atoms with van der Waals surface area (Å²) in [6.45, 7) is 0. The van der Waals surface area contributed by atoms with E-state index in [4.69, 9.17) is 20.5 Å². The smallest absolute Gasteiger partial charge is 0.152 e. The second-order valence-corrected chi connectivity index (χ2v) is 5.38. The lowest BCUT2D eigenvalue weighted by molar-refractivity contribution is 0.484. The molecule has 0 aliphatic heterocycles. The van der Waals surface area contributed by atoms with Crippen LogP contribution in [0, 0.1) is 34.0 Å². The Balaban J connectivity index is 1.93. The van der Waals surface area contributed by atoms with Gasteiger partial charge in [0.2, 0.25) is 0 Å². The summed E-state index contributed by atoms with van der Waals surface area (Å²) in [7, 11) is 0. The minimum absolute atomic E-state index is 0.463. The van der Waals surface area contributed by atoms with E-state index in [0.717, 1.165) is 5.69 Å². The van der Waals surface area contributed by atoms with Gasteiger partial charge < -0.3 is 10.1 Å². The topological polar surface area (TPSA) is 92.6 Å². The lowest BCUT2D eigenvalue weighted by Gasteiger charge is -2.14. The molecule has 122 valence electrons. The second-order valence-electron chi connectivity index (χ2n) is 5.38. The van der Waals surface area contributed by atoms with Crippen molar-refractivity contribution in [1.82, 2.24) is 0 Å². The highest BCUT2D eigenvalue weighted by Crippen LogP contribution is 2.33. The fraction of sp³-hybridized carbons (Fsp3) is 0. The van der Waals surface area contributed by atoms with E-state index in [9.17, 15) is 0 Å². The zero-order valence-corrected chi connectivity index (χ0v) is 13.6. The van der Waals surface area contributed by atoms with Crippen molar-refractivity contribution in [3.8, 4) is 29.7 Å². The SMILES string of the molecule is N#Cc1ccc(Oc2cc(C#N)ccc2Nc2cccc(C#N)c2)cc1. The zero-order chi connectivity index (χ0) is 18.4. The van der Waals surface area contributed by atoms with Crippen molar-refractivity contribution in [2.75, 3.05) is 5.32 Å². The highest BCUT2D eigenvalue weighted by molar-refractivity contribution is 5.69. The van der Waals surface area contributed by atoms with Crippen LogP contribution in [0.2, 0.25) is 0 Å². The van der Waals surface area contributed by atoms with E-state index in [2.05, 4.69) is 23.5 Å². The van der Waals surface area contributed by atoms with Crippen molar-refractivity contribution < 1.29 is 4.74 Å². The molecule has 26 heavy (non-hydrogen) atoms. The maximum Gasteiger partial charge on any atom is 0.152 e. The van der Waals surface area contributed by atoms with Crippen molar-refractivity contribution >= 4 is 11.4 Å². The van der Waals surface area contributed by atoms with Crippen LogP contribution >= 0.6 is 0 Å². The molecule has 0 saturated carbocycles. The molecular formula is C21H12N4O. The van der Waals surface area contributed by atoms with E-state index in [1.165, 1.54) is 0 Å². The van der Waals surface area contributed by atoms with Gasteiger partial charge >= 0.3 is 0 Å². The summed E-state index contributed by atoms with van der Waals surface area (Å²) < 4.78 is 5.89. The van der Waals surface area contributed by atoms with Crippen LogP contribution in [-0.2, 0) is 0 Å². The molecular weight excluding hydrogens is 324 g/mol. The number of anilines is 2. The molecule has 0 amide bonds. The number of rotatable bonds is 4. The highest BCUT2D eigenvalue weighted by atomic mass is 16.5. The van der Waals surface area contributed by atoms with Crippen LogP contribution < -0.4 is 10.1 Å². The number of hydrogen-bond donors (Lipinski definition) is 1.